The number of nitrogens with zero attached hydrogens (tertiary/aromatic N) is 2. The van der Waals surface area contributed by atoms with Crippen LogP contribution in [0.2, 0.25) is 0 Å². The van der Waals surface area contributed by atoms with Crippen LogP contribution in [0.3, 0.4) is 0 Å². The number of amides is 1. The van der Waals surface area contributed by atoms with Crippen LogP contribution in [-0.4, -0.2) is 35.4 Å². The molecule has 0 aliphatic carbocycles. The van der Waals surface area contributed by atoms with Gasteiger partial charge in [-0.3, -0.25) is 19.8 Å². The van der Waals surface area contributed by atoms with Gasteiger partial charge in [-0.05, 0) is 56.1 Å². The van der Waals surface area contributed by atoms with Gasteiger partial charge in [0, 0.05) is 24.7 Å². The van der Waals surface area contributed by atoms with E-state index >= 15 is 0 Å². The topological polar surface area (TPSA) is 84.7 Å². The van der Waals surface area contributed by atoms with E-state index in [0.29, 0.717) is 13.2 Å². The first-order valence-electron chi connectivity index (χ1n) is 9.56. The number of hydrogen-bond acceptors (Lipinski definition) is 5. The number of nitrogens with one attached hydrogen (secondary N) is 1. The number of rotatable bonds is 8. The van der Waals surface area contributed by atoms with Gasteiger partial charge in [0.1, 0.15) is 0 Å². The van der Waals surface area contributed by atoms with E-state index in [9.17, 15) is 14.9 Å². The maximum absolute atomic E-state index is 12.4. The van der Waals surface area contributed by atoms with E-state index in [1.54, 1.807) is 6.92 Å². The molecule has 2 aromatic rings. The molecular formula is C21H25N3O4. The standard InChI is InChI=1S/C21H25N3O4/c1-2-28-20-10-9-18(13-19(20)24(26)27)21(25)22-14-16-5-7-17(8-6-16)15-23-11-3-4-12-23/h5-10,13H,2-4,11-12,14-15H2,1H3,(H,22,25). The highest BCUT2D eigenvalue weighted by atomic mass is 16.6. The Morgan fingerprint density at radius 2 is 1.82 bits per heavy atom. The number of ether oxygens (including phenoxy) is 1. The minimum Gasteiger partial charge on any atom is -0.487 e. The SMILES string of the molecule is CCOc1ccc(C(=O)NCc2ccc(CN3CCCC3)cc2)cc1[N+](=O)[O-]. The largest absolute Gasteiger partial charge is 0.487 e. The first kappa shape index (κ1) is 19.8. The van der Waals surface area contributed by atoms with Crippen LogP contribution in [0.25, 0.3) is 0 Å². The van der Waals surface area contributed by atoms with Crippen LogP contribution in [0.5, 0.6) is 5.75 Å². The van der Waals surface area contributed by atoms with Gasteiger partial charge in [-0.1, -0.05) is 24.3 Å². The average Bonchev–Trinajstić information content (AvgIpc) is 3.20. The second kappa shape index (κ2) is 9.32. The van der Waals surface area contributed by atoms with Gasteiger partial charge in [0.2, 0.25) is 0 Å². The second-order valence-electron chi connectivity index (χ2n) is 6.86. The van der Waals surface area contributed by atoms with Crippen molar-refractivity contribution < 1.29 is 14.5 Å². The number of carbonyl (C=O) groups is 1. The van der Waals surface area contributed by atoms with Gasteiger partial charge in [0.05, 0.1) is 11.5 Å². The fraction of sp³-hybridized carbons (Fsp3) is 0.381. The van der Waals surface area contributed by atoms with Gasteiger partial charge in [0.25, 0.3) is 5.91 Å². The highest BCUT2D eigenvalue weighted by Gasteiger charge is 2.18. The molecule has 1 aliphatic rings. The zero-order valence-corrected chi connectivity index (χ0v) is 16.0. The average molecular weight is 383 g/mol. The van der Waals surface area contributed by atoms with Crippen molar-refractivity contribution in [1.29, 1.82) is 0 Å². The second-order valence-corrected chi connectivity index (χ2v) is 6.86. The molecule has 1 N–H and O–H groups in total. The van der Waals surface area contributed by atoms with Crippen molar-refractivity contribution in [3.63, 3.8) is 0 Å². The van der Waals surface area contributed by atoms with Crippen molar-refractivity contribution in [2.75, 3.05) is 19.7 Å². The molecule has 0 bridgehead atoms. The van der Waals surface area contributed by atoms with E-state index in [4.69, 9.17) is 4.74 Å². The van der Waals surface area contributed by atoms with Crippen LogP contribution in [0, 0.1) is 10.1 Å². The molecule has 0 saturated carbocycles. The summed E-state index contributed by atoms with van der Waals surface area (Å²) in [7, 11) is 0. The lowest BCUT2D eigenvalue weighted by Gasteiger charge is -2.14. The smallest absolute Gasteiger partial charge is 0.311 e. The molecule has 7 nitrogen and oxygen atoms in total. The summed E-state index contributed by atoms with van der Waals surface area (Å²) in [6, 6.07) is 12.4. The van der Waals surface area contributed by atoms with E-state index < -0.39 is 4.92 Å². The Bertz CT molecular complexity index is 830. The van der Waals surface area contributed by atoms with Crippen molar-refractivity contribution in [2.45, 2.75) is 32.9 Å². The number of benzene rings is 2. The summed E-state index contributed by atoms with van der Waals surface area (Å²) < 4.78 is 5.24. The van der Waals surface area contributed by atoms with Crippen LogP contribution >= 0.6 is 0 Å². The number of nitro benzene ring substituents is 1. The monoisotopic (exact) mass is 383 g/mol. The van der Waals surface area contributed by atoms with E-state index in [-0.39, 0.29) is 22.9 Å². The van der Waals surface area contributed by atoms with Crippen molar-refractivity contribution >= 4 is 11.6 Å². The van der Waals surface area contributed by atoms with Crippen molar-refractivity contribution in [3.8, 4) is 5.75 Å². The lowest BCUT2D eigenvalue weighted by Crippen LogP contribution is -2.23. The first-order valence-corrected chi connectivity index (χ1v) is 9.56. The van der Waals surface area contributed by atoms with Gasteiger partial charge < -0.3 is 10.1 Å². The Hall–Kier alpha value is -2.93. The van der Waals surface area contributed by atoms with E-state index in [2.05, 4.69) is 22.3 Å². The van der Waals surface area contributed by atoms with Crippen molar-refractivity contribution in [1.82, 2.24) is 10.2 Å². The fourth-order valence-corrected chi connectivity index (χ4v) is 3.32. The molecule has 0 aromatic heterocycles. The van der Waals surface area contributed by atoms with E-state index in [1.165, 1.54) is 36.6 Å². The zero-order valence-electron chi connectivity index (χ0n) is 16.0. The summed E-state index contributed by atoms with van der Waals surface area (Å²) in [6.07, 6.45) is 2.54. The molecule has 148 valence electrons. The lowest BCUT2D eigenvalue weighted by atomic mass is 10.1. The number of likely N-dealkylation sites (tertiary alicyclic amines) is 1. The molecule has 1 aliphatic heterocycles. The predicted molar refractivity (Wildman–Crippen MR) is 106 cm³/mol. The van der Waals surface area contributed by atoms with Crippen molar-refractivity contribution in [2.24, 2.45) is 0 Å². The van der Waals surface area contributed by atoms with Crippen LogP contribution in [0.15, 0.2) is 42.5 Å². The maximum atomic E-state index is 12.4. The Morgan fingerprint density at radius 1 is 1.14 bits per heavy atom. The fourth-order valence-electron chi connectivity index (χ4n) is 3.32. The minimum absolute atomic E-state index is 0.164. The highest BCUT2D eigenvalue weighted by Crippen LogP contribution is 2.28. The lowest BCUT2D eigenvalue weighted by molar-refractivity contribution is -0.385. The highest BCUT2D eigenvalue weighted by molar-refractivity contribution is 5.95. The Morgan fingerprint density at radius 3 is 2.46 bits per heavy atom. The van der Waals surface area contributed by atoms with Crippen LogP contribution in [-0.2, 0) is 13.1 Å². The van der Waals surface area contributed by atoms with Crippen LogP contribution < -0.4 is 10.1 Å². The summed E-state index contributed by atoms with van der Waals surface area (Å²) >= 11 is 0. The van der Waals surface area contributed by atoms with Crippen LogP contribution in [0.1, 0.15) is 41.3 Å². The molecule has 3 rings (SSSR count). The number of nitro groups is 1. The molecular weight excluding hydrogens is 358 g/mol. The van der Waals surface area contributed by atoms with Gasteiger partial charge in [-0.15, -0.1) is 0 Å². The first-order chi connectivity index (χ1) is 13.6. The normalized spacial score (nSPS) is 14.0. The third kappa shape index (κ3) is 5.07. The molecule has 0 atom stereocenters. The van der Waals surface area contributed by atoms with Gasteiger partial charge in [-0.25, -0.2) is 0 Å². The summed E-state index contributed by atoms with van der Waals surface area (Å²) in [5, 5.41) is 14.0. The van der Waals surface area contributed by atoms with E-state index in [1.807, 2.05) is 12.1 Å². The summed E-state index contributed by atoms with van der Waals surface area (Å²) in [6.45, 7) is 5.71. The summed E-state index contributed by atoms with van der Waals surface area (Å²) in [4.78, 5) is 25.5. The van der Waals surface area contributed by atoms with Gasteiger partial charge in [0.15, 0.2) is 5.75 Å². The molecule has 0 unspecified atom stereocenters. The molecule has 1 heterocycles. The zero-order chi connectivity index (χ0) is 19.9. The van der Waals surface area contributed by atoms with Crippen molar-refractivity contribution in [3.05, 3.63) is 69.3 Å². The number of carbonyl (C=O) groups excluding carboxylic acids is 1. The molecule has 1 fully saturated rings. The Balaban J connectivity index is 1.58. The molecule has 0 spiro atoms. The number of hydrogen-bond donors (Lipinski definition) is 1. The Labute approximate surface area is 164 Å². The molecule has 1 amide bonds. The summed E-state index contributed by atoms with van der Waals surface area (Å²) in [5.74, 6) is -0.190. The molecule has 0 radical (unpaired) electrons. The molecule has 7 heteroatoms. The van der Waals surface area contributed by atoms with Crippen LogP contribution in [0.4, 0.5) is 5.69 Å². The van der Waals surface area contributed by atoms with E-state index in [0.717, 1.165) is 25.2 Å². The third-order valence-electron chi connectivity index (χ3n) is 4.80. The molecule has 28 heavy (non-hydrogen) atoms. The molecule has 2 aromatic carbocycles. The van der Waals surface area contributed by atoms with Gasteiger partial charge >= 0.3 is 5.69 Å². The van der Waals surface area contributed by atoms with Gasteiger partial charge in [-0.2, -0.15) is 0 Å². The third-order valence-corrected chi connectivity index (χ3v) is 4.80. The maximum Gasteiger partial charge on any atom is 0.311 e. The predicted octanol–water partition coefficient (Wildman–Crippen LogP) is 3.52. The Kier molecular flexibility index (Phi) is 6.60. The molecule has 1 saturated heterocycles. The summed E-state index contributed by atoms with van der Waals surface area (Å²) in [5.41, 5.74) is 2.28. The minimum atomic E-state index is -0.541. The quantitative estimate of drug-likeness (QED) is 0.557.